The number of imidazole rings is 1. The fraction of sp³-hybridized carbons (Fsp3) is 0.600. The highest BCUT2D eigenvalue weighted by atomic mass is 16.2. The molecule has 1 aromatic carbocycles. The molecule has 4 rings (SSSR count). The van der Waals surface area contributed by atoms with E-state index in [9.17, 15) is 9.59 Å². The molecule has 1 aromatic heterocycles. The topological polar surface area (TPSA) is 56.0 Å². The van der Waals surface area contributed by atoms with Gasteiger partial charge >= 0.3 is 5.69 Å². The van der Waals surface area contributed by atoms with Gasteiger partial charge in [-0.25, -0.2) is 4.79 Å². The third-order valence-electron chi connectivity index (χ3n) is 7.48. The van der Waals surface area contributed by atoms with Crippen molar-refractivity contribution < 1.29 is 4.79 Å². The van der Waals surface area contributed by atoms with Gasteiger partial charge in [-0.2, -0.15) is 0 Å². The summed E-state index contributed by atoms with van der Waals surface area (Å²) in [6.45, 7) is 7.07. The molecule has 3 atom stereocenters. The second-order valence-corrected chi connectivity index (χ2v) is 8.65. The normalized spacial score (nSPS) is 30.1. The summed E-state index contributed by atoms with van der Waals surface area (Å²) in [4.78, 5) is 25.2. The fourth-order valence-corrected chi connectivity index (χ4v) is 5.32. The molecule has 134 valence electrons. The van der Waals surface area contributed by atoms with Crippen LogP contribution in [0.25, 0.3) is 11.0 Å². The number of hydrogen-bond acceptors (Lipinski definition) is 2. The molecule has 2 bridgehead atoms. The zero-order chi connectivity index (χ0) is 18.0. The molecule has 5 nitrogen and oxygen atoms in total. The van der Waals surface area contributed by atoms with Crippen LogP contribution in [-0.2, 0) is 18.4 Å². The summed E-state index contributed by atoms with van der Waals surface area (Å²) in [6, 6.07) is 7.82. The first-order valence-electron chi connectivity index (χ1n) is 9.19. The van der Waals surface area contributed by atoms with Crippen LogP contribution in [0.3, 0.4) is 0 Å². The van der Waals surface area contributed by atoms with Gasteiger partial charge in [-0.3, -0.25) is 13.9 Å². The quantitative estimate of drug-likeness (QED) is 0.933. The average Bonchev–Trinajstić information content (AvgIpc) is 3.02. The lowest BCUT2D eigenvalue weighted by Gasteiger charge is -2.39. The number of aromatic nitrogens is 2. The van der Waals surface area contributed by atoms with Gasteiger partial charge in [-0.15, -0.1) is 0 Å². The maximum absolute atomic E-state index is 12.7. The molecule has 2 aliphatic rings. The van der Waals surface area contributed by atoms with E-state index in [-0.39, 0.29) is 35.0 Å². The van der Waals surface area contributed by atoms with Crippen LogP contribution in [0.2, 0.25) is 0 Å². The summed E-state index contributed by atoms with van der Waals surface area (Å²) in [5, 5.41) is 3.25. The molecule has 0 aliphatic heterocycles. The molecular weight excluding hydrogens is 314 g/mol. The van der Waals surface area contributed by atoms with Crippen molar-refractivity contribution in [1.29, 1.82) is 0 Å². The lowest BCUT2D eigenvalue weighted by Crippen LogP contribution is -2.48. The van der Waals surface area contributed by atoms with E-state index < -0.39 is 0 Å². The van der Waals surface area contributed by atoms with E-state index >= 15 is 0 Å². The van der Waals surface area contributed by atoms with Gasteiger partial charge in [0, 0.05) is 13.1 Å². The monoisotopic (exact) mass is 341 g/mol. The third-order valence-corrected chi connectivity index (χ3v) is 7.48. The molecule has 2 fully saturated rings. The van der Waals surface area contributed by atoms with E-state index in [4.69, 9.17) is 0 Å². The number of benzene rings is 1. The van der Waals surface area contributed by atoms with Crippen molar-refractivity contribution in [3.05, 3.63) is 34.7 Å². The van der Waals surface area contributed by atoms with Crippen molar-refractivity contribution in [2.24, 2.45) is 23.8 Å². The number of carbonyl (C=O) groups is 1. The average molecular weight is 341 g/mol. The number of nitrogens with zero attached hydrogens (tertiary/aromatic N) is 2. The zero-order valence-electron chi connectivity index (χ0n) is 15.5. The highest BCUT2D eigenvalue weighted by Gasteiger charge is 2.61. The van der Waals surface area contributed by atoms with Crippen LogP contribution in [0.5, 0.6) is 0 Å². The Hall–Kier alpha value is -2.04. The number of nitrogens with one attached hydrogen (secondary N) is 1. The summed E-state index contributed by atoms with van der Waals surface area (Å²) < 4.78 is 3.18. The Morgan fingerprint density at radius 3 is 2.52 bits per heavy atom. The molecule has 0 spiro atoms. The smallest absolute Gasteiger partial charge is 0.329 e. The minimum Gasteiger partial charge on any atom is -0.351 e. The maximum atomic E-state index is 12.7. The Morgan fingerprint density at radius 1 is 1.24 bits per heavy atom. The highest BCUT2D eigenvalue weighted by Crippen LogP contribution is 2.65. The van der Waals surface area contributed by atoms with Gasteiger partial charge in [0.05, 0.1) is 11.0 Å². The molecule has 1 heterocycles. The highest BCUT2D eigenvalue weighted by molar-refractivity contribution is 5.81. The maximum Gasteiger partial charge on any atom is 0.329 e. The Labute approximate surface area is 148 Å². The Bertz CT molecular complexity index is 907. The molecule has 2 aromatic rings. The van der Waals surface area contributed by atoms with Crippen molar-refractivity contribution in [3.8, 4) is 0 Å². The van der Waals surface area contributed by atoms with Gasteiger partial charge in [-0.1, -0.05) is 32.9 Å². The molecule has 1 N–H and O–H groups in total. The van der Waals surface area contributed by atoms with Crippen molar-refractivity contribution in [3.63, 3.8) is 0 Å². The summed E-state index contributed by atoms with van der Waals surface area (Å²) in [7, 11) is 1.75. The lowest BCUT2D eigenvalue weighted by atomic mass is 9.69. The third kappa shape index (κ3) is 2.14. The Kier molecular flexibility index (Phi) is 3.44. The second-order valence-electron chi connectivity index (χ2n) is 8.65. The van der Waals surface area contributed by atoms with Gasteiger partial charge < -0.3 is 5.32 Å². The Balaban J connectivity index is 1.57. The summed E-state index contributed by atoms with van der Waals surface area (Å²) in [5.41, 5.74) is 1.94. The number of carbonyl (C=O) groups excluding carboxylic acids is 1. The van der Waals surface area contributed by atoms with Crippen LogP contribution < -0.4 is 11.0 Å². The van der Waals surface area contributed by atoms with Crippen LogP contribution in [-0.4, -0.2) is 21.1 Å². The summed E-state index contributed by atoms with van der Waals surface area (Å²) in [5.74, 6) is 0.621. The second kappa shape index (κ2) is 5.23. The SMILES string of the molecule is Cn1c(=O)n(CC(=O)N[C@H]2C[C@H]3CC[C@@]2(C)C3(C)C)c2ccccc21. The summed E-state index contributed by atoms with van der Waals surface area (Å²) >= 11 is 0. The Morgan fingerprint density at radius 2 is 1.92 bits per heavy atom. The first kappa shape index (κ1) is 16.4. The van der Waals surface area contributed by atoms with Crippen LogP contribution in [0.4, 0.5) is 0 Å². The molecule has 0 unspecified atom stereocenters. The van der Waals surface area contributed by atoms with Gasteiger partial charge in [0.25, 0.3) is 0 Å². The molecule has 2 aliphatic carbocycles. The zero-order valence-corrected chi connectivity index (χ0v) is 15.5. The number of amides is 1. The molecular formula is C20H27N3O2. The van der Waals surface area contributed by atoms with E-state index in [0.29, 0.717) is 5.92 Å². The fourth-order valence-electron chi connectivity index (χ4n) is 5.32. The van der Waals surface area contributed by atoms with E-state index in [0.717, 1.165) is 17.5 Å². The molecule has 0 saturated heterocycles. The molecule has 25 heavy (non-hydrogen) atoms. The van der Waals surface area contributed by atoms with Crippen molar-refractivity contribution >= 4 is 16.9 Å². The molecule has 0 radical (unpaired) electrons. The van der Waals surface area contributed by atoms with Gasteiger partial charge in [0.1, 0.15) is 6.54 Å². The van der Waals surface area contributed by atoms with Crippen LogP contribution >= 0.6 is 0 Å². The number of hydrogen-bond donors (Lipinski definition) is 1. The van der Waals surface area contributed by atoms with E-state index in [2.05, 4.69) is 26.1 Å². The van der Waals surface area contributed by atoms with Crippen LogP contribution in [0.1, 0.15) is 40.0 Å². The molecule has 5 heteroatoms. The van der Waals surface area contributed by atoms with Gasteiger partial charge in [0.15, 0.2) is 0 Å². The number of para-hydroxylation sites is 2. The van der Waals surface area contributed by atoms with E-state index in [1.807, 2.05) is 24.3 Å². The predicted molar refractivity (Wildman–Crippen MR) is 98.3 cm³/mol. The minimum absolute atomic E-state index is 0.0620. The molecule has 2 saturated carbocycles. The van der Waals surface area contributed by atoms with Crippen molar-refractivity contribution in [1.82, 2.24) is 14.5 Å². The number of rotatable bonds is 3. The van der Waals surface area contributed by atoms with Gasteiger partial charge in [-0.05, 0) is 48.1 Å². The number of aryl methyl sites for hydroxylation is 1. The van der Waals surface area contributed by atoms with Crippen LogP contribution in [0, 0.1) is 16.7 Å². The minimum atomic E-state index is -0.143. The number of fused-ring (bicyclic) bond motifs is 3. The van der Waals surface area contributed by atoms with Crippen molar-refractivity contribution in [2.45, 2.75) is 52.6 Å². The van der Waals surface area contributed by atoms with Gasteiger partial charge in [0.2, 0.25) is 5.91 Å². The van der Waals surface area contributed by atoms with Crippen LogP contribution in [0.15, 0.2) is 29.1 Å². The van der Waals surface area contributed by atoms with Crippen molar-refractivity contribution in [2.75, 3.05) is 0 Å². The predicted octanol–water partition coefficient (Wildman–Crippen LogP) is 2.67. The van der Waals surface area contributed by atoms with E-state index in [1.54, 1.807) is 16.2 Å². The standard InChI is InChI=1S/C20H27N3O2/c1-19(2)13-9-10-20(19,3)16(11-13)21-17(24)12-23-15-8-6-5-7-14(15)22(4)18(23)25/h5-8,13,16H,9-12H2,1-4H3,(H,21,24)/t13-,16+,20-/m1/s1. The van der Waals surface area contributed by atoms with E-state index in [1.165, 1.54) is 12.8 Å². The lowest BCUT2D eigenvalue weighted by molar-refractivity contribution is -0.123. The first-order valence-corrected chi connectivity index (χ1v) is 9.19. The first-order chi connectivity index (χ1) is 11.8. The molecule has 1 amide bonds. The largest absolute Gasteiger partial charge is 0.351 e. The summed E-state index contributed by atoms with van der Waals surface area (Å²) in [6.07, 6.45) is 3.49.